The number of carbonyl (C=O) groups is 1. The largest absolute Gasteiger partial charge is 0.465 e. The second-order valence-corrected chi connectivity index (χ2v) is 6.03. The number of nitrogens with zero attached hydrogens (tertiary/aromatic N) is 1. The number of ether oxygens (including phenoxy) is 1. The average molecular weight is 368 g/mol. The molecule has 0 fully saturated rings. The number of aryl methyl sites for hydroxylation is 1. The molecule has 0 saturated heterocycles. The van der Waals surface area contributed by atoms with E-state index in [0.717, 1.165) is 5.56 Å². The maximum atomic E-state index is 14.5. The SMILES string of the molecule is COC(=O)c1c(F)cccc1-c1ccc(CNc2ccc(C)cn2)c(F)c1. The van der Waals surface area contributed by atoms with E-state index in [1.54, 1.807) is 24.4 Å². The van der Waals surface area contributed by atoms with Gasteiger partial charge in [0.05, 0.1) is 7.11 Å². The predicted molar refractivity (Wildman–Crippen MR) is 99.4 cm³/mol. The molecule has 3 rings (SSSR count). The second-order valence-electron chi connectivity index (χ2n) is 6.03. The van der Waals surface area contributed by atoms with Crippen LogP contribution in [0, 0.1) is 18.6 Å². The summed E-state index contributed by atoms with van der Waals surface area (Å²) in [7, 11) is 1.17. The molecule has 1 heterocycles. The summed E-state index contributed by atoms with van der Waals surface area (Å²) in [5, 5.41) is 3.05. The number of rotatable bonds is 5. The average Bonchev–Trinajstić information content (AvgIpc) is 2.67. The van der Waals surface area contributed by atoms with Gasteiger partial charge in [-0.1, -0.05) is 30.3 Å². The van der Waals surface area contributed by atoms with Crippen LogP contribution in [-0.4, -0.2) is 18.1 Å². The number of halogens is 2. The van der Waals surface area contributed by atoms with Crippen molar-refractivity contribution in [1.29, 1.82) is 0 Å². The highest BCUT2D eigenvalue weighted by molar-refractivity contribution is 5.97. The Morgan fingerprint density at radius 1 is 1.11 bits per heavy atom. The summed E-state index contributed by atoms with van der Waals surface area (Å²) >= 11 is 0. The van der Waals surface area contributed by atoms with Gasteiger partial charge in [-0.05, 0) is 41.8 Å². The normalized spacial score (nSPS) is 10.5. The Kier molecular flexibility index (Phi) is 5.45. The molecule has 4 nitrogen and oxygen atoms in total. The predicted octanol–water partition coefficient (Wildman–Crippen LogP) is 4.73. The van der Waals surface area contributed by atoms with E-state index in [4.69, 9.17) is 0 Å². The molecule has 1 N–H and O–H groups in total. The van der Waals surface area contributed by atoms with Gasteiger partial charge in [0.2, 0.25) is 0 Å². The standard InChI is InChI=1S/C21H18F2N2O2/c1-13-6-9-19(24-11-13)25-12-15-8-7-14(10-18(15)23)16-4-3-5-17(22)20(16)21(26)27-2/h3-11H,12H2,1-2H3,(H,24,25). The van der Waals surface area contributed by atoms with Gasteiger partial charge >= 0.3 is 5.97 Å². The van der Waals surface area contributed by atoms with Crippen LogP contribution in [0.3, 0.4) is 0 Å². The Balaban J connectivity index is 1.86. The van der Waals surface area contributed by atoms with Gasteiger partial charge in [0.25, 0.3) is 0 Å². The first-order valence-electron chi connectivity index (χ1n) is 8.31. The molecule has 0 atom stereocenters. The highest BCUT2D eigenvalue weighted by Crippen LogP contribution is 2.28. The van der Waals surface area contributed by atoms with Crippen LogP contribution < -0.4 is 5.32 Å². The van der Waals surface area contributed by atoms with E-state index in [-0.39, 0.29) is 17.7 Å². The van der Waals surface area contributed by atoms with Crippen molar-refractivity contribution in [3.8, 4) is 11.1 Å². The lowest BCUT2D eigenvalue weighted by molar-refractivity contribution is 0.0596. The van der Waals surface area contributed by atoms with Crippen molar-refractivity contribution in [2.24, 2.45) is 0 Å². The van der Waals surface area contributed by atoms with Crippen molar-refractivity contribution >= 4 is 11.8 Å². The Morgan fingerprint density at radius 3 is 2.59 bits per heavy atom. The number of nitrogens with one attached hydrogen (secondary N) is 1. The van der Waals surface area contributed by atoms with E-state index in [0.29, 0.717) is 16.9 Å². The van der Waals surface area contributed by atoms with Gasteiger partial charge in [0.1, 0.15) is 23.0 Å². The molecule has 0 aliphatic carbocycles. The van der Waals surface area contributed by atoms with Crippen LogP contribution in [0.25, 0.3) is 11.1 Å². The minimum atomic E-state index is -0.806. The van der Waals surface area contributed by atoms with Crippen molar-refractivity contribution in [2.45, 2.75) is 13.5 Å². The highest BCUT2D eigenvalue weighted by Gasteiger charge is 2.19. The first-order valence-corrected chi connectivity index (χ1v) is 8.31. The number of benzene rings is 2. The van der Waals surface area contributed by atoms with Crippen LogP contribution in [0.1, 0.15) is 21.5 Å². The zero-order valence-corrected chi connectivity index (χ0v) is 14.9. The highest BCUT2D eigenvalue weighted by atomic mass is 19.1. The van der Waals surface area contributed by atoms with E-state index in [9.17, 15) is 13.6 Å². The number of pyridine rings is 1. The van der Waals surface area contributed by atoms with Gasteiger partial charge in [0.15, 0.2) is 0 Å². The third-order valence-corrected chi connectivity index (χ3v) is 4.14. The molecule has 0 aliphatic heterocycles. The lowest BCUT2D eigenvalue weighted by atomic mass is 9.98. The Hall–Kier alpha value is -3.28. The second kappa shape index (κ2) is 7.95. The van der Waals surface area contributed by atoms with Gasteiger partial charge in [-0.3, -0.25) is 0 Å². The van der Waals surface area contributed by atoms with Crippen molar-refractivity contribution < 1.29 is 18.3 Å². The summed E-state index contributed by atoms with van der Waals surface area (Å²) in [5.74, 6) is -1.34. The molecular weight excluding hydrogens is 350 g/mol. The third-order valence-electron chi connectivity index (χ3n) is 4.14. The molecule has 0 amide bonds. The van der Waals surface area contributed by atoms with Crippen molar-refractivity contribution in [1.82, 2.24) is 4.98 Å². The zero-order valence-electron chi connectivity index (χ0n) is 14.9. The van der Waals surface area contributed by atoms with Gasteiger partial charge < -0.3 is 10.1 Å². The molecule has 3 aromatic rings. The van der Waals surface area contributed by atoms with Crippen LogP contribution in [0.5, 0.6) is 0 Å². The summed E-state index contributed by atoms with van der Waals surface area (Å²) in [6.45, 7) is 2.18. The van der Waals surface area contributed by atoms with E-state index in [1.807, 2.05) is 19.1 Å². The Labute approximate surface area is 155 Å². The quantitative estimate of drug-likeness (QED) is 0.661. The van der Waals surface area contributed by atoms with Gasteiger partial charge in [-0.2, -0.15) is 0 Å². The molecular formula is C21H18F2N2O2. The summed E-state index contributed by atoms with van der Waals surface area (Å²) in [6.07, 6.45) is 1.72. The Bertz CT molecular complexity index is 972. The topological polar surface area (TPSA) is 51.2 Å². The fourth-order valence-electron chi connectivity index (χ4n) is 2.69. The number of anilines is 1. The van der Waals surface area contributed by atoms with Crippen LogP contribution in [0.15, 0.2) is 54.7 Å². The lowest BCUT2D eigenvalue weighted by Gasteiger charge is -2.11. The summed E-state index contributed by atoms with van der Waals surface area (Å²) in [4.78, 5) is 16.1. The van der Waals surface area contributed by atoms with Crippen molar-refractivity contribution in [3.63, 3.8) is 0 Å². The van der Waals surface area contributed by atoms with E-state index < -0.39 is 17.6 Å². The molecule has 27 heavy (non-hydrogen) atoms. The van der Waals surface area contributed by atoms with E-state index >= 15 is 0 Å². The van der Waals surface area contributed by atoms with Crippen molar-refractivity contribution in [2.75, 3.05) is 12.4 Å². The van der Waals surface area contributed by atoms with Crippen molar-refractivity contribution in [3.05, 3.63) is 83.1 Å². The zero-order chi connectivity index (χ0) is 19.4. The lowest BCUT2D eigenvalue weighted by Crippen LogP contribution is -2.07. The number of hydrogen-bond acceptors (Lipinski definition) is 4. The van der Waals surface area contributed by atoms with Crippen LogP contribution >= 0.6 is 0 Å². The molecule has 0 unspecified atom stereocenters. The maximum Gasteiger partial charge on any atom is 0.341 e. The van der Waals surface area contributed by atoms with Crippen LogP contribution in [0.2, 0.25) is 0 Å². The fraction of sp³-hybridized carbons (Fsp3) is 0.143. The summed E-state index contributed by atoms with van der Waals surface area (Å²) in [5.41, 5.74) is 1.92. The Morgan fingerprint density at radius 2 is 1.93 bits per heavy atom. The van der Waals surface area contributed by atoms with Crippen LogP contribution in [-0.2, 0) is 11.3 Å². The van der Waals surface area contributed by atoms with E-state index in [1.165, 1.54) is 25.3 Å². The minimum Gasteiger partial charge on any atom is -0.465 e. The summed E-state index contributed by atoms with van der Waals surface area (Å²) < 4.78 is 33.3. The van der Waals surface area contributed by atoms with Gasteiger partial charge in [0, 0.05) is 18.3 Å². The number of esters is 1. The third kappa shape index (κ3) is 4.11. The number of hydrogen-bond donors (Lipinski definition) is 1. The molecule has 0 radical (unpaired) electrons. The molecule has 6 heteroatoms. The maximum absolute atomic E-state index is 14.5. The van der Waals surface area contributed by atoms with Gasteiger partial charge in [-0.25, -0.2) is 18.6 Å². The molecule has 2 aromatic carbocycles. The van der Waals surface area contributed by atoms with Crippen LogP contribution in [0.4, 0.5) is 14.6 Å². The smallest absolute Gasteiger partial charge is 0.341 e. The first kappa shape index (κ1) is 18.5. The number of aromatic nitrogens is 1. The molecule has 1 aromatic heterocycles. The van der Waals surface area contributed by atoms with Gasteiger partial charge in [-0.15, -0.1) is 0 Å². The monoisotopic (exact) mass is 368 g/mol. The summed E-state index contributed by atoms with van der Waals surface area (Å²) in [6, 6.07) is 12.4. The number of carbonyl (C=O) groups excluding carboxylic acids is 1. The van der Waals surface area contributed by atoms with E-state index in [2.05, 4.69) is 15.0 Å². The first-order chi connectivity index (χ1) is 13.0. The fourth-order valence-corrected chi connectivity index (χ4v) is 2.69. The minimum absolute atomic E-state index is 0.214. The molecule has 138 valence electrons. The molecule has 0 bridgehead atoms. The molecule has 0 saturated carbocycles. The number of methoxy groups -OCH3 is 1. The molecule has 0 spiro atoms. The molecule has 0 aliphatic rings.